The Balaban J connectivity index is 2.02. The van der Waals surface area contributed by atoms with Crippen LogP contribution in [-0.2, 0) is 11.3 Å². The average molecular weight is 335 g/mol. The van der Waals surface area contributed by atoms with Gasteiger partial charge >= 0.3 is 6.03 Å². The lowest BCUT2D eigenvalue weighted by Gasteiger charge is -2.30. The molecular formula is C15H21N5O2S. The van der Waals surface area contributed by atoms with Crippen LogP contribution in [0.15, 0.2) is 29.9 Å². The molecule has 0 saturated carbocycles. The third-order valence-electron chi connectivity index (χ3n) is 3.18. The van der Waals surface area contributed by atoms with Crippen LogP contribution in [0.5, 0.6) is 0 Å². The van der Waals surface area contributed by atoms with E-state index in [0.717, 1.165) is 4.88 Å². The van der Waals surface area contributed by atoms with Crippen LogP contribution in [0, 0.1) is 5.41 Å². The maximum atomic E-state index is 12.2. The highest BCUT2D eigenvalue weighted by Crippen LogP contribution is 2.35. The molecule has 2 aromatic rings. The van der Waals surface area contributed by atoms with E-state index in [2.05, 4.69) is 36.5 Å². The number of rotatable bonds is 5. The van der Waals surface area contributed by atoms with Crippen LogP contribution in [0.2, 0.25) is 0 Å². The van der Waals surface area contributed by atoms with Crippen LogP contribution in [0.4, 0.5) is 10.5 Å². The zero-order valence-corrected chi connectivity index (χ0v) is 14.2. The fourth-order valence-corrected chi connectivity index (χ4v) is 3.16. The Morgan fingerprint density at radius 1 is 1.43 bits per heavy atom. The van der Waals surface area contributed by atoms with Crippen LogP contribution < -0.4 is 16.4 Å². The van der Waals surface area contributed by atoms with E-state index in [1.807, 2.05) is 17.5 Å². The van der Waals surface area contributed by atoms with Crippen molar-refractivity contribution in [2.24, 2.45) is 11.1 Å². The number of thiophene rings is 1. The van der Waals surface area contributed by atoms with E-state index in [1.165, 1.54) is 10.9 Å². The second kappa shape index (κ2) is 6.82. The quantitative estimate of drug-likeness (QED) is 0.781. The number of amides is 3. The number of carbonyl (C=O) groups is 2. The number of nitrogens with zero attached hydrogens (tertiary/aromatic N) is 2. The van der Waals surface area contributed by atoms with Gasteiger partial charge in [-0.3, -0.25) is 9.48 Å². The number of anilines is 1. The van der Waals surface area contributed by atoms with Gasteiger partial charge in [-0.1, -0.05) is 26.8 Å². The molecule has 0 aliphatic carbocycles. The van der Waals surface area contributed by atoms with Crippen molar-refractivity contribution in [2.75, 3.05) is 5.32 Å². The number of nitrogens with one attached hydrogen (secondary N) is 2. The largest absolute Gasteiger partial charge is 0.368 e. The zero-order chi connectivity index (χ0) is 17.0. The molecule has 0 saturated heterocycles. The Kier molecular flexibility index (Phi) is 5.05. The monoisotopic (exact) mass is 335 g/mol. The lowest BCUT2D eigenvalue weighted by atomic mass is 9.86. The Hall–Kier alpha value is -2.35. The minimum Gasteiger partial charge on any atom is -0.368 e. The fourth-order valence-electron chi connectivity index (χ4n) is 2.14. The molecule has 0 radical (unpaired) electrons. The molecule has 8 heteroatoms. The average Bonchev–Trinajstić information content (AvgIpc) is 3.06. The summed E-state index contributed by atoms with van der Waals surface area (Å²) in [5, 5.41) is 11.7. The second-order valence-electron chi connectivity index (χ2n) is 6.31. The van der Waals surface area contributed by atoms with E-state index >= 15 is 0 Å². The summed E-state index contributed by atoms with van der Waals surface area (Å²) in [5.74, 6) is -0.491. The summed E-state index contributed by atoms with van der Waals surface area (Å²) in [5.41, 5.74) is 5.48. The van der Waals surface area contributed by atoms with Gasteiger partial charge < -0.3 is 16.4 Å². The van der Waals surface area contributed by atoms with E-state index in [4.69, 9.17) is 5.73 Å². The minimum atomic E-state index is -0.491. The molecule has 0 fully saturated rings. The molecule has 0 spiro atoms. The molecule has 3 amide bonds. The van der Waals surface area contributed by atoms with Gasteiger partial charge in [-0.15, -0.1) is 11.3 Å². The van der Waals surface area contributed by atoms with Gasteiger partial charge in [0.25, 0.3) is 0 Å². The molecular weight excluding hydrogens is 314 g/mol. The zero-order valence-electron chi connectivity index (χ0n) is 13.4. The summed E-state index contributed by atoms with van der Waals surface area (Å²) in [6.45, 7) is 6.19. The fraction of sp³-hybridized carbons (Fsp3) is 0.400. The summed E-state index contributed by atoms with van der Waals surface area (Å²) in [7, 11) is 0. The predicted molar refractivity (Wildman–Crippen MR) is 90.1 cm³/mol. The highest BCUT2D eigenvalue weighted by molar-refractivity contribution is 7.10. The second-order valence-corrected chi connectivity index (χ2v) is 7.29. The summed E-state index contributed by atoms with van der Waals surface area (Å²) in [4.78, 5) is 24.2. The van der Waals surface area contributed by atoms with E-state index in [9.17, 15) is 9.59 Å². The SMILES string of the molecule is CC(C)(C)[C@@H](NC(=O)Nc1cnn(CC(N)=O)c1)c1cccs1. The molecule has 2 rings (SSSR count). The first kappa shape index (κ1) is 17.0. The van der Waals surface area contributed by atoms with Crippen molar-refractivity contribution in [3.05, 3.63) is 34.8 Å². The smallest absolute Gasteiger partial charge is 0.319 e. The third-order valence-corrected chi connectivity index (χ3v) is 4.12. The van der Waals surface area contributed by atoms with Gasteiger partial charge in [-0.05, 0) is 16.9 Å². The van der Waals surface area contributed by atoms with Gasteiger partial charge in [-0.25, -0.2) is 4.79 Å². The van der Waals surface area contributed by atoms with Crippen molar-refractivity contribution in [2.45, 2.75) is 33.4 Å². The van der Waals surface area contributed by atoms with Crippen molar-refractivity contribution in [1.29, 1.82) is 0 Å². The number of urea groups is 1. The lowest BCUT2D eigenvalue weighted by Crippen LogP contribution is -2.38. The van der Waals surface area contributed by atoms with Crippen molar-refractivity contribution >= 4 is 29.0 Å². The molecule has 0 aromatic carbocycles. The van der Waals surface area contributed by atoms with Gasteiger partial charge in [0, 0.05) is 11.1 Å². The minimum absolute atomic E-state index is 0.0247. The van der Waals surface area contributed by atoms with Crippen LogP contribution in [0.1, 0.15) is 31.7 Å². The molecule has 0 bridgehead atoms. The Morgan fingerprint density at radius 3 is 2.74 bits per heavy atom. The van der Waals surface area contributed by atoms with Gasteiger partial charge in [0.05, 0.1) is 17.9 Å². The normalized spacial score (nSPS) is 12.7. The number of hydrogen-bond acceptors (Lipinski definition) is 4. The summed E-state index contributed by atoms with van der Waals surface area (Å²) in [6, 6.07) is 3.54. The highest BCUT2D eigenvalue weighted by Gasteiger charge is 2.28. The van der Waals surface area contributed by atoms with Crippen molar-refractivity contribution < 1.29 is 9.59 Å². The topological polar surface area (TPSA) is 102 Å². The summed E-state index contributed by atoms with van der Waals surface area (Å²) >= 11 is 1.61. The van der Waals surface area contributed by atoms with Gasteiger partial charge in [0.15, 0.2) is 0 Å². The lowest BCUT2D eigenvalue weighted by molar-refractivity contribution is -0.118. The van der Waals surface area contributed by atoms with Crippen LogP contribution >= 0.6 is 11.3 Å². The van der Waals surface area contributed by atoms with Crippen molar-refractivity contribution in [3.63, 3.8) is 0 Å². The molecule has 0 aliphatic rings. The molecule has 4 N–H and O–H groups in total. The first-order valence-corrected chi connectivity index (χ1v) is 8.05. The number of primary amides is 1. The molecule has 7 nitrogen and oxygen atoms in total. The first-order chi connectivity index (χ1) is 10.8. The Labute approximate surface area is 138 Å². The standard InChI is InChI=1S/C15H21N5O2S/c1-15(2,3)13(11-5-4-6-23-11)19-14(22)18-10-7-17-20(8-10)9-12(16)21/h4-8,13H,9H2,1-3H3,(H2,16,21)(H2,18,19,22)/t13-/m0/s1. The number of carbonyl (C=O) groups excluding carboxylic acids is 2. The predicted octanol–water partition coefficient (Wildman–Crippen LogP) is 2.34. The molecule has 1 atom stereocenters. The van der Waals surface area contributed by atoms with Crippen molar-refractivity contribution in [3.8, 4) is 0 Å². The van der Waals surface area contributed by atoms with E-state index in [0.29, 0.717) is 5.69 Å². The molecule has 2 aromatic heterocycles. The molecule has 2 heterocycles. The van der Waals surface area contributed by atoms with Crippen molar-refractivity contribution in [1.82, 2.24) is 15.1 Å². The van der Waals surface area contributed by atoms with Gasteiger partial charge in [0.1, 0.15) is 6.54 Å². The summed E-state index contributed by atoms with van der Waals surface area (Å²) in [6.07, 6.45) is 3.03. The number of aromatic nitrogens is 2. The first-order valence-electron chi connectivity index (χ1n) is 7.17. The van der Waals surface area contributed by atoms with Gasteiger partial charge in [-0.2, -0.15) is 5.10 Å². The maximum Gasteiger partial charge on any atom is 0.319 e. The molecule has 0 unspecified atom stereocenters. The number of nitrogens with two attached hydrogens (primary N) is 1. The van der Waals surface area contributed by atoms with Crippen LogP contribution in [0.25, 0.3) is 0 Å². The highest BCUT2D eigenvalue weighted by atomic mass is 32.1. The number of hydrogen-bond donors (Lipinski definition) is 3. The Bertz CT molecular complexity index is 672. The van der Waals surface area contributed by atoms with Gasteiger partial charge in [0.2, 0.25) is 5.91 Å². The van der Waals surface area contributed by atoms with E-state index < -0.39 is 5.91 Å². The summed E-state index contributed by atoms with van der Waals surface area (Å²) < 4.78 is 1.37. The van der Waals surface area contributed by atoms with E-state index in [-0.39, 0.29) is 24.0 Å². The van der Waals surface area contributed by atoms with Crippen LogP contribution in [0.3, 0.4) is 0 Å². The van der Waals surface area contributed by atoms with E-state index in [1.54, 1.807) is 17.5 Å². The Morgan fingerprint density at radius 2 is 2.17 bits per heavy atom. The third kappa shape index (κ3) is 4.82. The maximum absolute atomic E-state index is 12.2. The molecule has 0 aliphatic heterocycles. The van der Waals surface area contributed by atoms with Crippen LogP contribution in [-0.4, -0.2) is 21.7 Å². The molecule has 23 heavy (non-hydrogen) atoms. The molecule has 124 valence electrons.